The van der Waals surface area contributed by atoms with Gasteiger partial charge in [0.15, 0.2) is 0 Å². The molecule has 5 nitrogen and oxygen atoms in total. The van der Waals surface area contributed by atoms with Crippen LogP contribution >= 0.6 is 0 Å². The van der Waals surface area contributed by atoms with E-state index in [4.69, 9.17) is 5.26 Å². The number of nitrogens with zero attached hydrogens (tertiary/aromatic N) is 3. The average Bonchev–Trinajstić information content (AvgIpc) is 2.36. The van der Waals surface area contributed by atoms with Crippen LogP contribution in [0.3, 0.4) is 0 Å². The number of aromatic nitrogens is 2. The van der Waals surface area contributed by atoms with Crippen molar-refractivity contribution in [3.05, 3.63) is 23.8 Å². The van der Waals surface area contributed by atoms with Crippen molar-refractivity contribution in [2.45, 2.75) is 33.7 Å². The van der Waals surface area contributed by atoms with Crippen LogP contribution in [0.15, 0.2) is 12.4 Å². The van der Waals surface area contributed by atoms with Gasteiger partial charge in [0.25, 0.3) is 0 Å². The summed E-state index contributed by atoms with van der Waals surface area (Å²) < 4.78 is 0. The van der Waals surface area contributed by atoms with E-state index in [1.807, 2.05) is 19.9 Å². The minimum absolute atomic E-state index is 0.273. The predicted octanol–water partition coefficient (Wildman–Crippen LogP) is 1.34. The smallest absolute Gasteiger partial charge is 0.240 e. The number of carbonyl (C=O) groups excluding carboxylic acids is 1. The minimum Gasteiger partial charge on any atom is -0.349 e. The van der Waals surface area contributed by atoms with Crippen molar-refractivity contribution >= 4 is 5.91 Å². The molecule has 0 aliphatic rings. The molecule has 1 N–H and O–H groups in total. The molecule has 1 heterocycles. The van der Waals surface area contributed by atoms with E-state index in [1.54, 1.807) is 19.3 Å². The van der Waals surface area contributed by atoms with Gasteiger partial charge in [0.1, 0.15) is 5.41 Å². The Hall–Kier alpha value is -1.96. The summed E-state index contributed by atoms with van der Waals surface area (Å²) >= 11 is 0. The summed E-state index contributed by atoms with van der Waals surface area (Å²) in [6, 6.07) is 2.03. The molecule has 1 aromatic rings. The van der Waals surface area contributed by atoms with Gasteiger partial charge < -0.3 is 5.32 Å². The summed E-state index contributed by atoms with van der Waals surface area (Å²) in [5.41, 5.74) is 0.536. The van der Waals surface area contributed by atoms with E-state index >= 15 is 0 Å². The highest BCUT2D eigenvalue weighted by Crippen LogP contribution is 2.19. The van der Waals surface area contributed by atoms with Crippen molar-refractivity contribution in [2.24, 2.45) is 5.41 Å². The molecule has 0 aliphatic carbocycles. The van der Waals surface area contributed by atoms with E-state index in [-0.39, 0.29) is 5.91 Å². The first-order chi connectivity index (χ1) is 8.01. The lowest BCUT2D eigenvalue weighted by atomic mass is 9.88. The molecular formula is C12H16N4O. The molecule has 5 heteroatoms. The van der Waals surface area contributed by atoms with Gasteiger partial charge in [-0.15, -0.1) is 0 Å². The van der Waals surface area contributed by atoms with Gasteiger partial charge in [0.05, 0.1) is 30.2 Å². The Bertz CT molecular complexity index is 435. The largest absolute Gasteiger partial charge is 0.349 e. The lowest BCUT2D eigenvalue weighted by molar-refractivity contribution is -0.127. The van der Waals surface area contributed by atoms with Gasteiger partial charge in [-0.25, -0.2) is 0 Å². The van der Waals surface area contributed by atoms with Crippen LogP contribution < -0.4 is 5.32 Å². The van der Waals surface area contributed by atoms with Crippen LogP contribution in [0.5, 0.6) is 0 Å². The van der Waals surface area contributed by atoms with Crippen LogP contribution in [0.2, 0.25) is 0 Å². The number of rotatable bonds is 4. The molecule has 0 saturated carbocycles. The summed E-state index contributed by atoms with van der Waals surface area (Å²) in [4.78, 5) is 20.0. The van der Waals surface area contributed by atoms with Gasteiger partial charge in [0, 0.05) is 6.20 Å². The van der Waals surface area contributed by atoms with Crippen LogP contribution in [0.4, 0.5) is 0 Å². The molecule has 0 radical (unpaired) electrons. The third kappa shape index (κ3) is 3.25. The van der Waals surface area contributed by atoms with Crippen LogP contribution in [0, 0.1) is 23.7 Å². The number of hydrogen-bond donors (Lipinski definition) is 1. The molecule has 0 fully saturated rings. The fraction of sp³-hybridized carbons (Fsp3) is 0.500. The molecule has 0 aliphatic heterocycles. The van der Waals surface area contributed by atoms with Gasteiger partial charge in [-0.3, -0.25) is 14.8 Å². The lowest BCUT2D eigenvalue weighted by Crippen LogP contribution is -2.37. The summed E-state index contributed by atoms with van der Waals surface area (Å²) in [6.07, 6.45) is 3.74. The number of carbonyl (C=O) groups is 1. The second kappa shape index (κ2) is 5.39. The van der Waals surface area contributed by atoms with E-state index in [2.05, 4.69) is 15.3 Å². The molecule has 0 spiro atoms. The molecule has 0 aromatic carbocycles. The molecule has 0 bridgehead atoms. The van der Waals surface area contributed by atoms with E-state index in [0.717, 1.165) is 5.69 Å². The molecule has 1 amide bonds. The third-order valence-electron chi connectivity index (χ3n) is 2.72. The van der Waals surface area contributed by atoms with Crippen LogP contribution in [-0.4, -0.2) is 15.9 Å². The summed E-state index contributed by atoms with van der Waals surface area (Å²) in [5.74, 6) is -0.273. The third-order valence-corrected chi connectivity index (χ3v) is 2.72. The molecule has 1 atom stereocenters. The Morgan fingerprint density at radius 1 is 1.53 bits per heavy atom. The van der Waals surface area contributed by atoms with Crippen molar-refractivity contribution < 1.29 is 4.79 Å². The molecule has 1 rings (SSSR count). The maximum Gasteiger partial charge on any atom is 0.240 e. The molecule has 0 saturated heterocycles. The molecule has 1 unspecified atom stereocenters. The lowest BCUT2D eigenvalue weighted by Gasteiger charge is -2.18. The van der Waals surface area contributed by atoms with Crippen molar-refractivity contribution in [3.8, 4) is 6.07 Å². The number of hydrogen-bond acceptors (Lipinski definition) is 4. The monoisotopic (exact) mass is 232 g/mol. The molecule has 1 aromatic heterocycles. The standard InChI is InChI=1S/C12H16N4O/c1-4-12(3,8-13)11(17)16-7-10-6-14-9(2)5-15-10/h5-6H,4,7H2,1-3H3,(H,16,17). The van der Waals surface area contributed by atoms with Crippen molar-refractivity contribution in [3.63, 3.8) is 0 Å². The second-order valence-corrected chi connectivity index (χ2v) is 4.13. The summed E-state index contributed by atoms with van der Waals surface area (Å²) in [5, 5.41) is 11.6. The van der Waals surface area contributed by atoms with E-state index in [1.165, 1.54) is 0 Å². The van der Waals surface area contributed by atoms with Crippen molar-refractivity contribution in [1.82, 2.24) is 15.3 Å². The predicted molar refractivity (Wildman–Crippen MR) is 62.6 cm³/mol. The Morgan fingerprint density at radius 2 is 2.24 bits per heavy atom. The highest BCUT2D eigenvalue weighted by Gasteiger charge is 2.30. The van der Waals surface area contributed by atoms with Gasteiger partial charge in [-0.1, -0.05) is 6.92 Å². The maximum absolute atomic E-state index is 11.8. The normalized spacial score (nSPS) is 13.5. The zero-order valence-electron chi connectivity index (χ0n) is 10.3. The average molecular weight is 232 g/mol. The molecule has 90 valence electrons. The van der Waals surface area contributed by atoms with Crippen molar-refractivity contribution in [1.29, 1.82) is 5.26 Å². The Labute approximate surface area is 101 Å². The van der Waals surface area contributed by atoms with Gasteiger partial charge in [-0.05, 0) is 20.3 Å². The van der Waals surface area contributed by atoms with E-state index < -0.39 is 5.41 Å². The fourth-order valence-corrected chi connectivity index (χ4v) is 1.17. The number of aryl methyl sites for hydroxylation is 1. The summed E-state index contributed by atoms with van der Waals surface area (Å²) in [7, 11) is 0. The summed E-state index contributed by atoms with van der Waals surface area (Å²) in [6.45, 7) is 5.58. The Kier molecular flexibility index (Phi) is 4.16. The van der Waals surface area contributed by atoms with Crippen LogP contribution in [0.25, 0.3) is 0 Å². The topological polar surface area (TPSA) is 78.7 Å². The van der Waals surface area contributed by atoms with Gasteiger partial charge >= 0.3 is 0 Å². The minimum atomic E-state index is -0.974. The number of amides is 1. The maximum atomic E-state index is 11.8. The first kappa shape index (κ1) is 13.1. The first-order valence-electron chi connectivity index (χ1n) is 5.49. The Morgan fingerprint density at radius 3 is 2.71 bits per heavy atom. The number of nitrogens with one attached hydrogen (secondary N) is 1. The van der Waals surface area contributed by atoms with Gasteiger partial charge in [0.2, 0.25) is 5.91 Å². The molecular weight excluding hydrogens is 216 g/mol. The SMILES string of the molecule is CCC(C)(C#N)C(=O)NCc1cnc(C)cn1. The Balaban J connectivity index is 2.60. The molecule has 17 heavy (non-hydrogen) atoms. The van der Waals surface area contributed by atoms with E-state index in [0.29, 0.717) is 18.7 Å². The quantitative estimate of drug-likeness (QED) is 0.849. The zero-order chi connectivity index (χ0) is 12.9. The van der Waals surface area contributed by atoms with Crippen molar-refractivity contribution in [2.75, 3.05) is 0 Å². The highest BCUT2D eigenvalue weighted by molar-refractivity contribution is 5.84. The van der Waals surface area contributed by atoms with Crippen LogP contribution in [-0.2, 0) is 11.3 Å². The number of nitriles is 1. The van der Waals surface area contributed by atoms with Gasteiger partial charge in [-0.2, -0.15) is 5.26 Å². The second-order valence-electron chi connectivity index (χ2n) is 4.13. The zero-order valence-corrected chi connectivity index (χ0v) is 10.3. The van der Waals surface area contributed by atoms with Crippen LogP contribution in [0.1, 0.15) is 31.7 Å². The van der Waals surface area contributed by atoms with E-state index in [9.17, 15) is 4.79 Å². The fourth-order valence-electron chi connectivity index (χ4n) is 1.17. The highest BCUT2D eigenvalue weighted by atomic mass is 16.2. The first-order valence-corrected chi connectivity index (χ1v) is 5.49.